The van der Waals surface area contributed by atoms with Crippen molar-refractivity contribution in [3.05, 3.63) is 46.7 Å². The molecule has 1 heterocycles. The zero-order valence-electron chi connectivity index (χ0n) is 9.57. The molecular formula is C13H14N2OS. The molecule has 2 aromatic rings. The lowest BCUT2D eigenvalue weighted by Gasteiger charge is -2.06. The Bertz CT molecular complexity index is 477. The Balaban J connectivity index is 1.83. The van der Waals surface area contributed by atoms with E-state index in [1.54, 1.807) is 11.3 Å². The SMILES string of the molecule is Cc1ccc(NC(=O)CNc2ccsc2)cc1. The van der Waals surface area contributed by atoms with E-state index in [4.69, 9.17) is 0 Å². The molecule has 0 unspecified atom stereocenters. The molecule has 3 nitrogen and oxygen atoms in total. The monoisotopic (exact) mass is 246 g/mol. The molecule has 0 bridgehead atoms. The summed E-state index contributed by atoms with van der Waals surface area (Å²) in [6.07, 6.45) is 0. The maximum Gasteiger partial charge on any atom is 0.243 e. The molecule has 1 aromatic carbocycles. The molecule has 2 rings (SSSR count). The highest BCUT2D eigenvalue weighted by Gasteiger charge is 2.01. The first kappa shape index (κ1) is 11.7. The average molecular weight is 246 g/mol. The van der Waals surface area contributed by atoms with Crippen LogP contribution in [0.15, 0.2) is 41.1 Å². The summed E-state index contributed by atoms with van der Waals surface area (Å²) >= 11 is 1.60. The van der Waals surface area contributed by atoms with Crippen molar-refractivity contribution < 1.29 is 4.79 Å². The summed E-state index contributed by atoms with van der Waals surface area (Å²) < 4.78 is 0. The molecule has 88 valence electrons. The van der Waals surface area contributed by atoms with Gasteiger partial charge < -0.3 is 10.6 Å². The predicted molar refractivity (Wildman–Crippen MR) is 72.6 cm³/mol. The van der Waals surface area contributed by atoms with Gasteiger partial charge in [-0.3, -0.25) is 4.79 Å². The van der Waals surface area contributed by atoms with Gasteiger partial charge in [-0.1, -0.05) is 17.7 Å². The lowest BCUT2D eigenvalue weighted by atomic mass is 10.2. The molecule has 0 aliphatic heterocycles. The van der Waals surface area contributed by atoms with E-state index < -0.39 is 0 Å². The van der Waals surface area contributed by atoms with Gasteiger partial charge in [-0.05, 0) is 30.5 Å². The van der Waals surface area contributed by atoms with E-state index in [1.807, 2.05) is 48.0 Å². The third-order valence-electron chi connectivity index (χ3n) is 2.31. The van der Waals surface area contributed by atoms with Gasteiger partial charge >= 0.3 is 0 Å². The summed E-state index contributed by atoms with van der Waals surface area (Å²) in [7, 11) is 0. The van der Waals surface area contributed by atoms with Gasteiger partial charge in [-0.15, -0.1) is 0 Å². The zero-order valence-corrected chi connectivity index (χ0v) is 10.4. The molecule has 0 saturated carbocycles. The number of hydrogen-bond acceptors (Lipinski definition) is 3. The number of anilines is 2. The van der Waals surface area contributed by atoms with Crippen LogP contribution in [0.3, 0.4) is 0 Å². The molecule has 1 amide bonds. The quantitative estimate of drug-likeness (QED) is 0.870. The minimum absolute atomic E-state index is 0.0416. The molecule has 4 heteroatoms. The number of aryl methyl sites for hydroxylation is 1. The Hall–Kier alpha value is -1.81. The first-order valence-corrected chi connectivity index (χ1v) is 6.31. The molecule has 2 N–H and O–H groups in total. The maximum atomic E-state index is 11.6. The summed E-state index contributed by atoms with van der Waals surface area (Å²) in [5.41, 5.74) is 2.99. The van der Waals surface area contributed by atoms with Crippen molar-refractivity contribution >= 4 is 28.6 Å². The topological polar surface area (TPSA) is 41.1 Å². The number of benzene rings is 1. The fourth-order valence-electron chi connectivity index (χ4n) is 1.39. The number of hydrogen-bond donors (Lipinski definition) is 2. The number of rotatable bonds is 4. The van der Waals surface area contributed by atoms with Crippen molar-refractivity contribution in [2.24, 2.45) is 0 Å². The van der Waals surface area contributed by atoms with E-state index in [9.17, 15) is 4.79 Å². The van der Waals surface area contributed by atoms with Gasteiger partial charge in [0.2, 0.25) is 5.91 Å². The zero-order chi connectivity index (χ0) is 12.1. The van der Waals surface area contributed by atoms with Gasteiger partial charge in [0.25, 0.3) is 0 Å². The second-order valence-corrected chi connectivity index (χ2v) is 4.56. The fourth-order valence-corrected chi connectivity index (χ4v) is 2.00. The van der Waals surface area contributed by atoms with Crippen molar-refractivity contribution in [2.75, 3.05) is 17.2 Å². The number of carbonyl (C=O) groups excluding carboxylic acids is 1. The van der Waals surface area contributed by atoms with E-state index in [-0.39, 0.29) is 12.5 Å². The average Bonchev–Trinajstić information content (AvgIpc) is 2.83. The van der Waals surface area contributed by atoms with Crippen LogP contribution in [0.25, 0.3) is 0 Å². The molecule has 0 fully saturated rings. The third kappa shape index (κ3) is 3.60. The van der Waals surface area contributed by atoms with Gasteiger partial charge in [0.15, 0.2) is 0 Å². The molecular weight excluding hydrogens is 232 g/mol. The highest BCUT2D eigenvalue weighted by atomic mass is 32.1. The van der Waals surface area contributed by atoms with Crippen LogP contribution in [0.4, 0.5) is 11.4 Å². The van der Waals surface area contributed by atoms with Crippen LogP contribution in [-0.4, -0.2) is 12.5 Å². The summed E-state index contributed by atoms with van der Waals surface area (Å²) in [6, 6.07) is 9.70. The van der Waals surface area contributed by atoms with Crippen LogP contribution in [0.1, 0.15) is 5.56 Å². The summed E-state index contributed by atoms with van der Waals surface area (Å²) in [6.45, 7) is 2.30. The molecule has 0 aliphatic rings. The molecule has 0 radical (unpaired) electrons. The van der Waals surface area contributed by atoms with Crippen LogP contribution >= 0.6 is 11.3 Å². The highest BCUT2D eigenvalue weighted by molar-refractivity contribution is 7.08. The van der Waals surface area contributed by atoms with Gasteiger partial charge in [0, 0.05) is 16.8 Å². The Kier molecular flexibility index (Phi) is 3.77. The smallest absolute Gasteiger partial charge is 0.243 e. The van der Waals surface area contributed by atoms with E-state index in [1.165, 1.54) is 5.56 Å². The van der Waals surface area contributed by atoms with Crippen molar-refractivity contribution in [1.82, 2.24) is 0 Å². The van der Waals surface area contributed by atoms with E-state index >= 15 is 0 Å². The second kappa shape index (κ2) is 5.50. The van der Waals surface area contributed by atoms with Gasteiger partial charge in [-0.25, -0.2) is 0 Å². The molecule has 0 atom stereocenters. The Morgan fingerprint density at radius 2 is 1.94 bits per heavy atom. The summed E-state index contributed by atoms with van der Waals surface area (Å²) in [4.78, 5) is 11.6. The highest BCUT2D eigenvalue weighted by Crippen LogP contribution is 2.12. The second-order valence-electron chi connectivity index (χ2n) is 3.78. The lowest BCUT2D eigenvalue weighted by Crippen LogP contribution is -2.21. The summed E-state index contributed by atoms with van der Waals surface area (Å²) in [5.74, 6) is -0.0416. The van der Waals surface area contributed by atoms with Crippen LogP contribution in [-0.2, 0) is 4.79 Å². The number of amides is 1. The Morgan fingerprint density at radius 1 is 1.18 bits per heavy atom. The van der Waals surface area contributed by atoms with Crippen molar-refractivity contribution in [1.29, 1.82) is 0 Å². The van der Waals surface area contributed by atoms with Crippen LogP contribution in [0, 0.1) is 6.92 Å². The molecule has 0 spiro atoms. The van der Waals surface area contributed by atoms with Crippen LogP contribution < -0.4 is 10.6 Å². The Labute approximate surface area is 104 Å². The van der Waals surface area contributed by atoms with Gasteiger partial charge in [0.1, 0.15) is 0 Å². The lowest BCUT2D eigenvalue weighted by molar-refractivity contribution is -0.114. The normalized spacial score (nSPS) is 9.94. The molecule has 0 saturated heterocycles. The van der Waals surface area contributed by atoms with Crippen molar-refractivity contribution in [3.63, 3.8) is 0 Å². The van der Waals surface area contributed by atoms with Crippen molar-refractivity contribution in [2.45, 2.75) is 6.92 Å². The number of carbonyl (C=O) groups is 1. The van der Waals surface area contributed by atoms with E-state index in [0.29, 0.717) is 0 Å². The van der Waals surface area contributed by atoms with E-state index in [0.717, 1.165) is 11.4 Å². The maximum absolute atomic E-state index is 11.6. The van der Waals surface area contributed by atoms with Crippen LogP contribution in [0.2, 0.25) is 0 Å². The number of thiophene rings is 1. The Morgan fingerprint density at radius 3 is 2.59 bits per heavy atom. The molecule has 1 aromatic heterocycles. The largest absolute Gasteiger partial charge is 0.375 e. The minimum atomic E-state index is -0.0416. The van der Waals surface area contributed by atoms with Crippen LogP contribution in [0.5, 0.6) is 0 Å². The van der Waals surface area contributed by atoms with E-state index in [2.05, 4.69) is 10.6 Å². The van der Waals surface area contributed by atoms with Gasteiger partial charge in [-0.2, -0.15) is 11.3 Å². The third-order valence-corrected chi connectivity index (χ3v) is 2.99. The molecule has 0 aliphatic carbocycles. The molecule has 17 heavy (non-hydrogen) atoms. The predicted octanol–water partition coefficient (Wildman–Crippen LogP) is 3.11. The minimum Gasteiger partial charge on any atom is -0.375 e. The number of nitrogens with one attached hydrogen (secondary N) is 2. The fraction of sp³-hybridized carbons (Fsp3) is 0.154. The standard InChI is InChI=1S/C13H14N2OS/c1-10-2-4-11(5-3-10)15-13(16)8-14-12-6-7-17-9-12/h2-7,9,14H,8H2,1H3,(H,15,16). The first-order chi connectivity index (χ1) is 8.24. The summed E-state index contributed by atoms with van der Waals surface area (Å²) in [5, 5.41) is 9.83. The van der Waals surface area contributed by atoms with Gasteiger partial charge in [0.05, 0.1) is 6.54 Å². The van der Waals surface area contributed by atoms with Crippen molar-refractivity contribution in [3.8, 4) is 0 Å². The first-order valence-electron chi connectivity index (χ1n) is 5.36.